The first-order chi connectivity index (χ1) is 4.74. The number of rotatable bonds is 1. The summed E-state index contributed by atoms with van der Waals surface area (Å²) in [6, 6.07) is 3.23. The zero-order chi connectivity index (χ0) is 7.56. The number of anilines is 1. The van der Waals surface area contributed by atoms with E-state index in [1.807, 2.05) is 6.26 Å². The van der Waals surface area contributed by atoms with Crippen molar-refractivity contribution in [1.82, 2.24) is 0 Å². The van der Waals surface area contributed by atoms with Gasteiger partial charge in [-0.1, -0.05) is 11.8 Å². The monoisotopic (exact) mass is 156 g/mol. The number of hydrogen-bond acceptors (Lipinski definition) is 3. The predicted molar refractivity (Wildman–Crippen MR) is 41.6 cm³/mol. The lowest BCUT2D eigenvalue weighted by Gasteiger charge is -2.00. The van der Waals surface area contributed by atoms with Crippen LogP contribution in [0.4, 0.5) is 5.69 Å². The smallest absolute Gasteiger partial charge is 0.253 e. The summed E-state index contributed by atoms with van der Waals surface area (Å²) in [6.45, 7) is 0. The third-order valence-corrected chi connectivity index (χ3v) is 1.83. The molecule has 0 aliphatic heterocycles. The van der Waals surface area contributed by atoms with Gasteiger partial charge in [0.1, 0.15) is 0 Å². The molecule has 0 saturated heterocycles. The Labute approximate surface area is 63.4 Å². The van der Waals surface area contributed by atoms with Crippen LogP contribution in [0.1, 0.15) is 0 Å². The highest BCUT2D eigenvalue weighted by molar-refractivity contribution is 7.98. The van der Waals surface area contributed by atoms with Crippen LogP contribution < -0.4 is 10.5 Å². The largest absolute Gasteiger partial charge is 0.618 e. The maximum absolute atomic E-state index is 10.8. The summed E-state index contributed by atoms with van der Waals surface area (Å²) in [5.41, 5.74) is 6.06. The molecule has 0 aliphatic carbocycles. The number of thioether (sulfide) groups is 1. The van der Waals surface area contributed by atoms with Gasteiger partial charge in [0.15, 0.2) is 6.20 Å². The van der Waals surface area contributed by atoms with Crippen LogP contribution in [0.5, 0.6) is 0 Å². The molecule has 1 aromatic rings. The molecule has 1 rings (SSSR count). The quantitative estimate of drug-likeness (QED) is 0.368. The van der Waals surface area contributed by atoms with Gasteiger partial charge in [-0.05, 0) is 6.26 Å². The molecule has 10 heavy (non-hydrogen) atoms. The van der Waals surface area contributed by atoms with E-state index in [4.69, 9.17) is 5.73 Å². The molecule has 0 atom stereocenters. The van der Waals surface area contributed by atoms with Crippen molar-refractivity contribution < 1.29 is 4.73 Å². The van der Waals surface area contributed by atoms with Gasteiger partial charge in [-0.15, -0.1) is 0 Å². The van der Waals surface area contributed by atoms with Crippen molar-refractivity contribution in [3.63, 3.8) is 0 Å². The van der Waals surface area contributed by atoms with Crippen LogP contribution in [0.15, 0.2) is 23.4 Å². The maximum Gasteiger partial charge on any atom is 0.253 e. The fourth-order valence-electron chi connectivity index (χ4n) is 0.630. The number of nitrogens with two attached hydrogens (primary N) is 1. The Kier molecular flexibility index (Phi) is 2.01. The molecule has 1 aromatic heterocycles. The number of nitrogens with zero attached hydrogens (tertiary/aromatic N) is 1. The molecule has 0 aromatic carbocycles. The van der Waals surface area contributed by atoms with E-state index >= 15 is 0 Å². The van der Waals surface area contributed by atoms with Crippen LogP contribution in [-0.2, 0) is 0 Å². The summed E-state index contributed by atoms with van der Waals surface area (Å²) in [5.74, 6) is 0. The Balaban J connectivity index is 3.09. The molecule has 0 saturated carbocycles. The van der Waals surface area contributed by atoms with Gasteiger partial charge in [0.25, 0.3) is 5.03 Å². The first kappa shape index (κ1) is 7.21. The fraction of sp³-hybridized carbons (Fsp3) is 0.167. The average Bonchev–Trinajstić information content (AvgIpc) is 1.94. The number of hydrogen-bond donors (Lipinski definition) is 1. The summed E-state index contributed by atoms with van der Waals surface area (Å²) < 4.78 is 0.793. The normalized spacial score (nSPS) is 9.70. The van der Waals surface area contributed by atoms with Gasteiger partial charge in [0.2, 0.25) is 0 Å². The van der Waals surface area contributed by atoms with Gasteiger partial charge in [-0.3, -0.25) is 0 Å². The molecule has 0 unspecified atom stereocenters. The van der Waals surface area contributed by atoms with Crippen LogP contribution in [0, 0.1) is 5.21 Å². The molecule has 0 radical (unpaired) electrons. The lowest BCUT2D eigenvalue weighted by molar-refractivity contribution is -0.645. The standard InChI is InChI=1S/C6H8N2OS/c1-10-6-4-5(7)2-3-8(6)9/h2-4H,7H2,1H3. The van der Waals surface area contributed by atoms with E-state index in [-0.39, 0.29) is 0 Å². The molecule has 4 heteroatoms. The maximum atomic E-state index is 10.8. The van der Waals surface area contributed by atoms with Crippen molar-refractivity contribution in [2.45, 2.75) is 5.03 Å². The second-order valence-corrected chi connectivity index (χ2v) is 2.65. The lowest BCUT2D eigenvalue weighted by Crippen LogP contribution is -2.27. The Hall–Kier alpha value is -0.900. The van der Waals surface area contributed by atoms with Crippen LogP contribution in [-0.4, -0.2) is 6.26 Å². The summed E-state index contributed by atoms with van der Waals surface area (Å²) in [6.07, 6.45) is 3.24. The summed E-state index contributed by atoms with van der Waals surface area (Å²) in [5, 5.41) is 11.5. The topological polar surface area (TPSA) is 53.0 Å². The Bertz CT molecular complexity index is 239. The van der Waals surface area contributed by atoms with Gasteiger partial charge in [-0.25, -0.2) is 0 Å². The minimum Gasteiger partial charge on any atom is -0.618 e. The van der Waals surface area contributed by atoms with Crippen molar-refractivity contribution >= 4 is 17.4 Å². The molecule has 0 aliphatic rings. The predicted octanol–water partition coefficient (Wildman–Crippen LogP) is 0.624. The van der Waals surface area contributed by atoms with Crippen LogP contribution in [0.2, 0.25) is 0 Å². The average molecular weight is 156 g/mol. The van der Waals surface area contributed by atoms with E-state index < -0.39 is 0 Å². The van der Waals surface area contributed by atoms with E-state index in [0.717, 1.165) is 4.73 Å². The Morgan fingerprint density at radius 2 is 2.40 bits per heavy atom. The summed E-state index contributed by atoms with van der Waals surface area (Å²) >= 11 is 1.38. The van der Waals surface area contributed by atoms with E-state index in [9.17, 15) is 5.21 Å². The molecular formula is C6H8N2OS. The third kappa shape index (κ3) is 1.33. The SMILES string of the molecule is CSc1cc(N)cc[n+]1[O-]. The molecule has 1 heterocycles. The van der Waals surface area contributed by atoms with Crippen LogP contribution >= 0.6 is 11.8 Å². The van der Waals surface area contributed by atoms with Gasteiger partial charge in [0.05, 0.1) is 0 Å². The molecule has 0 amide bonds. The number of pyridine rings is 1. The second-order valence-electron chi connectivity index (χ2n) is 1.83. The van der Waals surface area contributed by atoms with Gasteiger partial charge in [0, 0.05) is 17.8 Å². The Morgan fingerprint density at radius 3 is 2.90 bits per heavy atom. The van der Waals surface area contributed by atoms with Crippen molar-refractivity contribution in [3.8, 4) is 0 Å². The molecule has 2 N–H and O–H groups in total. The molecule has 0 fully saturated rings. The van der Waals surface area contributed by atoms with Gasteiger partial charge in [-0.2, -0.15) is 4.73 Å². The molecule has 0 bridgehead atoms. The fourth-order valence-corrected chi connectivity index (χ4v) is 1.13. The van der Waals surface area contributed by atoms with Crippen LogP contribution in [0.25, 0.3) is 0 Å². The Morgan fingerprint density at radius 1 is 1.70 bits per heavy atom. The highest BCUT2D eigenvalue weighted by atomic mass is 32.2. The molecular weight excluding hydrogens is 148 g/mol. The minimum absolute atomic E-state index is 0.622. The summed E-state index contributed by atoms with van der Waals surface area (Å²) in [4.78, 5) is 0. The number of nitrogen functional groups attached to an aromatic ring is 1. The lowest BCUT2D eigenvalue weighted by atomic mass is 10.4. The van der Waals surface area contributed by atoms with Crippen molar-refractivity contribution in [1.29, 1.82) is 0 Å². The minimum atomic E-state index is 0.622. The zero-order valence-corrected chi connectivity index (χ0v) is 6.39. The summed E-state index contributed by atoms with van der Waals surface area (Å²) in [7, 11) is 0. The molecule has 54 valence electrons. The zero-order valence-electron chi connectivity index (χ0n) is 5.57. The van der Waals surface area contributed by atoms with E-state index in [2.05, 4.69) is 0 Å². The molecule has 0 spiro atoms. The van der Waals surface area contributed by atoms with Crippen LogP contribution in [0.3, 0.4) is 0 Å². The first-order valence-corrected chi connectivity index (χ1v) is 3.99. The third-order valence-electron chi connectivity index (χ3n) is 1.12. The number of aromatic nitrogens is 1. The van der Waals surface area contributed by atoms with Crippen molar-refractivity contribution in [2.24, 2.45) is 0 Å². The molecule has 3 nitrogen and oxygen atoms in total. The highest BCUT2D eigenvalue weighted by Gasteiger charge is 2.01. The van der Waals surface area contributed by atoms with E-state index in [1.165, 1.54) is 18.0 Å². The first-order valence-electron chi connectivity index (χ1n) is 2.76. The van der Waals surface area contributed by atoms with E-state index in [0.29, 0.717) is 10.7 Å². The van der Waals surface area contributed by atoms with Gasteiger partial charge >= 0.3 is 0 Å². The second kappa shape index (κ2) is 2.79. The van der Waals surface area contributed by atoms with Crippen molar-refractivity contribution in [2.75, 3.05) is 12.0 Å². The highest BCUT2D eigenvalue weighted by Crippen LogP contribution is 2.11. The van der Waals surface area contributed by atoms with E-state index in [1.54, 1.807) is 12.1 Å². The van der Waals surface area contributed by atoms with Gasteiger partial charge < -0.3 is 10.9 Å². The van der Waals surface area contributed by atoms with Crippen molar-refractivity contribution in [3.05, 3.63) is 23.5 Å².